The Labute approximate surface area is 150 Å². The Morgan fingerprint density at radius 3 is 2.65 bits per heavy atom. The van der Waals surface area contributed by atoms with E-state index in [-0.39, 0.29) is 17.7 Å². The maximum absolute atomic E-state index is 12.6. The van der Waals surface area contributed by atoms with Crippen molar-refractivity contribution in [2.45, 2.75) is 39.7 Å². The van der Waals surface area contributed by atoms with Gasteiger partial charge in [-0.1, -0.05) is 13.8 Å². The number of nitrogens with zero attached hydrogens (tertiary/aromatic N) is 2. The van der Waals surface area contributed by atoms with E-state index in [2.05, 4.69) is 24.3 Å². The molecule has 0 aliphatic rings. The number of aromatic carboxylic acids is 1. The van der Waals surface area contributed by atoms with Crippen LogP contribution in [0.4, 0.5) is 5.69 Å². The van der Waals surface area contributed by atoms with Crippen molar-refractivity contribution in [3.8, 4) is 0 Å². The average Bonchev–Trinajstić information content (AvgIpc) is 3.20. The van der Waals surface area contributed by atoms with E-state index in [1.807, 2.05) is 11.6 Å². The molecule has 26 heavy (non-hydrogen) atoms. The van der Waals surface area contributed by atoms with E-state index in [9.17, 15) is 9.59 Å². The molecule has 7 nitrogen and oxygen atoms in total. The first-order chi connectivity index (χ1) is 12.4. The predicted octanol–water partition coefficient (Wildman–Crippen LogP) is 4.25. The lowest BCUT2D eigenvalue weighted by Gasteiger charge is -2.15. The summed E-state index contributed by atoms with van der Waals surface area (Å²) in [5.41, 5.74) is 2.37. The second-order valence-corrected chi connectivity index (χ2v) is 6.18. The van der Waals surface area contributed by atoms with E-state index in [4.69, 9.17) is 9.52 Å². The van der Waals surface area contributed by atoms with Crippen molar-refractivity contribution < 1.29 is 19.1 Å². The van der Waals surface area contributed by atoms with Crippen LogP contribution in [-0.2, 0) is 0 Å². The zero-order chi connectivity index (χ0) is 18.8. The highest BCUT2D eigenvalue weighted by Crippen LogP contribution is 2.24. The van der Waals surface area contributed by atoms with Crippen molar-refractivity contribution in [1.29, 1.82) is 0 Å². The normalized spacial score (nSPS) is 11.2. The minimum atomic E-state index is -1.13. The minimum absolute atomic E-state index is 0.134. The van der Waals surface area contributed by atoms with Crippen LogP contribution in [-0.4, -0.2) is 26.8 Å². The number of hydrogen-bond acceptors (Lipinski definition) is 4. The Hall–Kier alpha value is -3.09. The van der Waals surface area contributed by atoms with Gasteiger partial charge in [-0.05, 0) is 44.0 Å². The van der Waals surface area contributed by atoms with Crippen LogP contribution in [0.1, 0.15) is 59.3 Å². The molecular weight excluding hydrogens is 334 g/mol. The van der Waals surface area contributed by atoms with Crippen LogP contribution in [0.2, 0.25) is 0 Å². The molecule has 0 fully saturated rings. The number of fused-ring (bicyclic) bond motifs is 1. The molecule has 0 aliphatic heterocycles. The molecule has 0 spiro atoms. The van der Waals surface area contributed by atoms with E-state index in [1.54, 1.807) is 24.4 Å². The predicted molar refractivity (Wildman–Crippen MR) is 97.7 cm³/mol. The summed E-state index contributed by atoms with van der Waals surface area (Å²) in [6.07, 6.45) is 3.48. The van der Waals surface area contributed by atoms with Crippen LogP contribution in [0, 0.1) is 6.92 Å². The van der Waals surface area contributed by atoms with Gasteiger partial charge in [0.15, 0.2) is 0 Å². The Kier molecular flexibility index (Phi) is 4.79. The Bertz CT molecular complexity index is 966. The lowest BCUT2D eigenvalue weighted by molar-refractivity contribution is 0.0665. The quantitative estimate of drug-likeness (QED) is 0.689. The van der Waals surface area contributed by atoms with Crippen LogP contribution in [0.25, 0.3) is 11.0 Å². The number of nitrogens with one attached hydrogen (secondary N) is 1. The highest BCUT2D eigenvalue weighted by Gasteiger charge is 2.18. The van der Waals surface area contributed by atoms with E-state index in [0.717, 1.165) is 18.5 Å². The summed E-state index contributed by atoms with van der Waals surface area (Å²) in [4.78, 5) is 23.6. The number of hydrogen-bond donors (Lipinski definition) is 2. The minimum Gasteiger partial charge on any atom is -0.475 e. The second kappa shape index (κ2) is 7.03. The Morgan fingerprint density at radius 2 is 2.00 bits per heavy atom. The van der Waals surface area contributed by atoms with Gasteiger partial charge in [0.05, 0.1) is 17.8 Å². The lowest BCUT2D eigenvalue weighted by Crippen LogP contribution is -2.15. The van der Waals surface area contributed by atoms with Crippen LogP contribution in [0.3, 0.4) is 0 Å². The number of carbonyl (C=O) groups is 2. The highest BCUT2D eigenvalue weighted by molar-refractivity contribution is 6.05. The molecule has 136 valence electrons. The first-order valence-electron chi connectivity index (χ1n) is 8.56. The van der Waals surface area contributed by atoms with Gasteiger partial charge in [-0.2, -0.15) is 5.10 Å². The number of carboxylic acid groups (broad SMARTS) is 1. The first-order valence-corrected chi connectivity index (χ1v) is 8.56. The molecule has 0 unspecified atom stereocenters. The summed E-state index contributed by atoms with van der Waals surface area (Å²) >= 11 is 0. The van der Waals surface area contributed by atoms with Gasteiger partial charge in [0.2, 0.25) is 5.76 Å². The molecule has 2 aromatic heterocycles. The van der Waals surface area contributed by atoms with Crippen molar-refractivity contribution >= 4 is 28.5 Å². The van der Waals surface area contributed by atoms with Gasteiger partial charge in [0.25, 0.3) is 5.91 Å². The largest absolute Gasteiger partial charge is 0.475 e. The number of benzene rings is 1. The van der Waals surface area contributed by atoms with E-state index in [0.29, 0.717) is 22.2 Å². The Morgan fingerprint density at radius 1 is 1.27 bits per heavy atom. The molecule has 2 heterocycles. The van der Waals surface area contributed by atoms with Crippen LogP contribution in [0.15, 0.2) is 34.9 Å². The van der Waals surface area contributed by atoms with Gasteiger partial charge < -0.3 is 14.8 Å². The van der Waals surface area contributed by atoms with Gasteiger partial charge >= 0.3 is 5.97 Å². The van der Waals surface area contributed by atoms with Gasteiger partial charge in [0.1, 0.15) is 5.58 Å². The maximum atomic E-state index is 12.6. The molecule has 3 aromatic rings. The fourth-order valence-electron chi connectivity index (χ4n) is 3.07. The number of carboxylic acids is 1. The third-order valence-electron chi connectivity index (χ3n) is 4.56. The zero-order valence-electron chi connectivity index (χ0n) is 14.9. The molecule has 0 atom stereocenters. The molecule has 0 saturated carbocycles. The third-order valence-corrected chi connectivity index (χ3v) is 4.56. The number of carbonyl (C=O) groups excluding carboxylic acids is 1. The van der Waals surface area contributed by atoms with E-state index >= 15 is 0 Å². The summed E-state index contributed by atoms with van der Waals surface area (Å²) in [5.74, 6) is -1.51. The summed E-state index contributed by atoms with van der Waals surface area (Å²) in [5, 5.41) is 16.8. The molecule has 2 N–H and O–H groups in total. The SMILES string of the molecule is CCC(CC)n1ncc(C(=O)Nc2ccc3oc(C(=O)O)cc3c2)c1C. The van der Waals surface area contributed by atoms with Crippen molar-refractivity contribution in [3.63, 3.8) is 0 Å². The average molecular weight is 355 g/mol. The summed E-state index contributed by atoms with van der Waals surface area (Å²) in [6.45, 7) is 6.08. The monoisotopic (exact) mass is 355 g/mol. The summed E-state index contributed by atoms with van der Waals surface area (Å²) in [6, 6.07) is 6.70. The lowest BCUT2D eigenvalue weighted by atomic mass is 10.1. The molecule has 0 saturated heterocycles. The van der Waals surface area contributed by atoms with Gasteiger partial charge in [-0.25, -0.2) is 4.79 Å². The van der Waals surface area contributed by atoms with Crippen molar-refractivity contribution in [1.82, 2.24) is 9.78 Å². The summed E-state index contributed by atoms with van der Waals surface area (Å²) in [7, 11) is 0. The highest BCUT2D eigenvalue weighted by atomic mass is 16.4. The van der Waals surface area contributed by atoms with Crippen molar-refractivity contribution in [3.05, 3.63) is 47.5 Å². The smallest absolute Gasteiger partial charge is 0.371 e. The van der Waals surface area contributed by atoms with Crippen LogP contribution < -0.4 is 5.32 Å². The first kappa shape index (κ1) is 17.7. The fourth-order valence-corrected chi connectivity index (χ4v) is 3.07. The Balaban J connectivity index is 1.84. The number of amides is 1. The van der Waals surface area contributed by atoms with E-state index < -0.39 is 5.97 Å². The fraction of sp³-hybridized carbons (Fsp3) is 0.316. The molecule has 7 heteroatoms. The van der Waals surface area contributed by atoms with Gasteiger partial charge in [0, 0.05) is 16.8 Å². The number of furan rings is 1. The molecule has 0 radical (unpaired) electrons. The number of aromatic nitrogens is 2. The third kappa shape index (κ3) is 3.20. The number of anilines is 1. The second-order valence-electron chi connectivity index (χ2n) is 6.18. The molecule has 0 aliphatic carbocycles. The van der Waals surface area contributed by atoms with Gasteiger partial charge in [-0.15, -0.1) is 0 Å². The maximum Gasteiger partial charge on any atom is 0.371 e. The van der Waals surface area contributed by atoms with Crippen LogP contribution in [0.5, 0.6) is 0 Å². The van der Waals surface area contributed by atoms with E-state index in [1.165, 1.54) is 6.07 Å². The topological polar surface area (TPSA) is 97.4 Å². The molecule has 3 rings (SSSR count). The zero-order valence-corrected chi connectivity index (χ0v) is 14.9. The van der Waals surface area contributed by atoms with Crippen LogP contribution >= 0.6 is 0 Å². The summed E-state index contributed by atoms with van der Waals surface area (Å²) < 4.78 is 7.12. The molecule has 0 bridgehead atoms. The number of rotatable bonds is 6. The van der Waals surface area contributed by atoms with Gasteiger partial charge in [-0.3, -0.25) is 9.48 Å². The standard InChI is InChI=1S/C19H21N3O4/c1-4-14(5-2)22-11(3)15(10-20-22)18(23)21-13-6-7-16-12(8-13)9-17(26-16)19(24)25/h6-10,14H,4-5H2,1-3H3,(H,21,23)(H,24,25). The van der Waals surface area contributed by atoms with Crippen molar-refractivity contribution in [2.24, 2.45) is 0 Å². The molecule has 1 aromatic carbocycles. The van der Waals surface area contributed by atoms with Crippen molar-refractivity contribution in [2.75, 3.05) is 5.32 Å². The molecular formula is C19H21N3O4. The molecule has 1 amide bonds.